The number of benzene rings is 1. The normalized spacial score (nSPS) is 11.1. The van der Waals surface area contributed by atoms with Crippen LogP contribution >= 0.6 is 0 Å². The average Bonchev–Trinajstić information content (AvgIpc) is 2.94. The maximum Gasteiger partial charge on any atom is 0.573 e. The molecule has 0 unspecified atom stereocenters. The number of halogens is 3. The highest BCUT2D eigenvalue weighted by Gasteiger charge is 2.32. The summed E-state index contributed by atoms with van der Waals surface area (Å²) in [6.45, 7) is -0.295. The smallest absolute Gasteiger partial charge is 0.477 e. The molecule has 1 aromatic carbocycles. The van der Waals surface area contributed by atoms with E-state index in [1.165, 1.54) is 18.2 Å². The number of rotatable bonds is 5. The number of hydrogen-bond donors (Lipinski definition) is 3. The molecular weight excluding hydrogens is 319 g/mol. The number of carboxylic acid groups (broad SMARTS) is 1. The molecule has 0 bridgehead atoms. The van der Waals surface area contributed by atoms with E-state index in [2.05, 4.69) is 20.0 Å². The lowest BCUT2D eigenvalue weighted by Crippen LogP contribution is -2.26. The van der Waals surface area contributed by atoms with Gasteiger partial charge in [0.2, 0.25) is 0 Å². The Kier molecular flexibility index (Phi) is 4.53. The van der Waals surface area contributed by atoms with Crippen LogP contribution in [0.15, 0.2) is 30.6 Å². The maximum atomic E-state index is 12.3. The molecule has 0 aliphatic carbocycles. The van der Waals surface area contributed by atoms with Crippen molar-refractivity contribution < 1.29 is 32.6 Å². The fraction of sp³-hybridized carbons (Fsp3) is 0.154. The van der Waals surface area contributed by atoms with Gasteiger partial charge in [0.25, 0.3) is 5.91 Å². The Morgan fingerprint density at radius 3 is 2.65 bits per heavy atom. The molecule has 0 aliphatic heterocycles. The van der Waals surface area contributed by atoms with Gasteiger partial charge in [0.1, 0.15) is 5.75 Å². The molecule has 2 rings (SSSR count). The van der Waals surface area contributed by atoms with E-state index in [9.17, 15) is 22.8 Å². The van der Waals surface area contributed by atoms with Crippen molar-refractivity contribution in [2.24, 2.45) is 0 Å². The monoisotopic (exact) mass is 329 g/mol. The van der Waals surface area contributed by atoms with Crippen molar-refractivity contribution in [1.29, 1.82) is 0 Å². The lowest BCUT2D eigenvalue weighted by Gasteiger charge is -2.13. The topological polar surface area (TPSA) is 104 Å². The summed E-state index contributed by atoms with van der Waals surface area (Å²) in [6.07, 6.45) is -3.84. The van der Waals surface area contributed by atoms with Crippen molar-refractivity contribution in [2.45, 2.75) is 12.9 Å². The van der Waals surface area contributed by atoms with Gasteiger partial charge in [-0.2, -0.15) is 0 Å². The number of H-pyrrole nitrogens is 1. The number of aromatic amines is 1. The van der Waals surface area contributed by atoms with E-state index in [0.717, 1.165) is 12.4 Å². The lowest BCUT2D eigenvalue weighted by atomic mass is 10.2. The van der Waals surface area contributed by atoms with E-state index in [1.54, 1.807) is 0 Å². The molecular formula is C13H10F3N3O4. The van der Waals surface area contributed by atoms with Crippen LogP contribution in [0.1, 0.15) is 26.5 Å². The van der Waals surface area contributed by atoms with Crippen LogP contribution in [-0.2, 0) is 6.54 Å². The number of nitrogens with one attached hydrogen (secondary N) is 2. The first kappa shape index (κ1) is 16.3. The summed E-state index contributed by atoms with van der Waals surface area (Å²) >= 11 is 0. The Labute approximate surface area is 127 Å². The third-order valence-corrected chi connectivity index (χ3v) is 2.71. The zero-order chi connectivity index (χ0) is 17.0. The highest BCUT2D eigenvalue weighted by Crippen LogP contribution is 2.26. The Morgan fingerprint density at radius 2 is 2.00 bits per heavy atom. The van der Waals surface area contributed by atoms with E-state index in [4.69, 9.17) is 5.11 Å². The third kappa shape index (κ3) is 4.22. The number of para-hydroxylation sites is 1. The van der Waals surface area contributed by atoms with Crippen molar-refractivity contribution >= 4 is 11.9 Å². The van der Waals surface area contributed by atoms with Gasteiger partial charge in [0.15, 0.2) is 11.4 Å². The van der Waals surface area contributed by atoms with Crippen LogP contribution in [0.5, 0.6) is 5.75 Å². The second-order valence-corrected chi connectivity index (χ2v) is 4.27. The second-order valence-electron chi connectivity index (χ2n) is 4.27. The number of alkyl halides is 3. The van der Waals surface area contributed by atoms with Gasteiger partial charge in [-0.3, -0.25) is 4.79 Å². The van der Waals surface area contributed by atoms with Crippen LogP contribution in [0.25, 0.3) is 0 Å². The summed E-state index contributed by atoms with van der Waals surface area (Å²) in [6, 6.07) is 5.26. The minimum absolute atomic E-state index is 0.0746. The van der Waals surface area contributed by atoms with Crippen molar-refractivity contribution in [1.82, 2.24) is 15.3 Å². The van der Waals surface area contributed by atoms with E-state index >= 15 is 0 Å². The molecule has 0 fully saturated rings. The van der Waals surface area contributed by atoms with Gasteiger partial charge in [-0.15, -0.1) is 13.2 Å². The summed E-state index contributed by atoms with van der Waals surface area (Å²) in [5.74, 6) is -2.68. The number of amides is 1. The summed E-state index contributed by atoms with van der Waals surface area (Å²) in [5, 5.41) is 11.2. The number of imidazole rings is 1. The fourth-order valence-corrected chi connectivity index (χ4v) is 1.76. The van der Waals surface area contributed by atoms with Crippen molar-refractivity contribution in [3.05, 3.63) is 47.5 Å². The van der Waals surface area contributed by atoms with Gasteiger partial charge < -0.3 is 20.1 Å². The Morgan fingerprint density at radius 1 is 1.30 bits per heavy atom. The molecule has 122 valence electrons. The molecule has 0 radical (unpaired) electrons. The van der Waals surface area contributed by atoms with Gasteiger partial charge in [0.05, 0.1) is 6.33 Å². The Hall–Kier alpha value is -3.04. The quantitative estimate of drug-likeness (QED) is 0.777. The minimum Gasteiger partial charge on any atom is -0.477 e. The number of carbonyl (C=O) groups is 2. The van der Waals surface area contributed by atoms with Crippen molar-refractivity contribution in [3.8, 4) is 5.75 Å². The maximum absolute atomic E-state index is 12.3. The van der Waals surface area contributed by atoms with Crippen LogP contribution in [0.2, 0.25) is 0 Å². The molecule has 1 heterocycles. The Balaban J connectivity index is 2.10. The highest BCUT2D eigenvalue weighted by molar-refractivity contribution is 6.02. The van der Waals surface area contributed by atoms with Crippen LogP contribution < -0.4 is 10.1 Å². The van der Waals surface area contributed by atoms with Gasteiger partial charge in [0, 0.05) is 12.1 Å². The van der Waals surface area contributed by atoms with E-state index < -0.39 is 29.7 Å². The van der Waals surface area contributed by atoms with E-state index in [-0.39, 0.29) is 17.8 Å². The first-order valence-corrected chi connectivity index (χ1v) is 6.16. The molecule has 1 aromatic heterocycles. The summed E-state index contributed by atoms with van der Waals surface area (Å²) in [4.78, 5) is 28.6. The standard InChI is InChI=1S/C13H10F3N3O4/c14-13(15,16)23-8-4-2-1-3-7(8)5-17-11(20)9-10(12(21)22)19-6-18-9/h1-4,6H,5H2,(H,17,20)(H,18,19)(H,21,22). The minimum atomic E-state index is -4.86. The van der Waals surface area contributed by atoms with Crippen molar-refractivity contribution in [3.63, 3.8) is 0 Å². The highest BCUT2D eigenvalue weighted by atomic mass is 19.4. The predicted molar refractivity (Wildman–Crippen MR) is 69.8 cm³/mol. The number of aromatic nitrogens is 2. The molecule has 0 spiro atoms. The molecule has 0 saturated heterocycles. The third-order valence-electron chi connectivity index (χ3n) is 2.71. The number of nitrogens with zero attached hydrogens (tertiary/aromatic N) is 1. The van der Waals surface area contributed by atoms with Crippen LogP contribution in [-0.4, -0.2) is 33.3 Å². The lowest BCUT2D eigenvalue weighted by molar-refractivity contribution is -0.274. The summed E-state index contributed by atoms with van der Waals surface area (Å²) in [7, 11) is 0. The van der Waals surface area contributed by atoms with Crippen LogP contribution in [0.4, 0.5) is 13.2 Å². The number of aromatic carboxylic acids is 1. The summed E-state index contributed by atoms with van der Waals surface area (Å²) < 4.78 is 40.7. The molecule has 3 N–H and O–H groups in total. The number of carboxylic acids is 1. The number of hydrogen-bond acceptors (Lipinski definition) is 4. The molecule has 7 nitrogen and oxygen atoms in total. The van der Waals surface area contributed by atoms with Gasteiger partial charge in [-0.1, -0.05) is 18.2 Å². The molecule has 1 amide bonds. The SMILES string of the molecule is O=C(NCc1ccccc1OC(F)(F)F)c1nc[nH]c1C(=O)O. The van der Waals surface area contributed by atoms with Crippen LogP contribution in [0, 0.1) is 0 Å². The molecule has 2 aromatic rings. The fourth-order valence-electron chi connectivity index (χ4n) is 1.76. The Bertz CT molecular complexity index is 727. The van der Waals surface area contributed by atoms with Gasteiger partial charge in [-0.05, 0) is 6.07 Å². The summed E-state index contributed by atoms with van der Waals surface area (Å²) in [5.41, 5.74) is -0.709. The molecule has 0 saturated carbocycles. The zero-order valence-electron chi connectivity index (χ0n) is 11.3. The molecule has 0 aliphatic rings. The van der Waals surface area contributed by atoms with Crippen LogP contribution in [0.3, 0.4) is 0 Å². The predicted octanol–water partition coefficient (Wildman–Crippen LogP) is 1.94. The molecule has 23 heavy (non-hydrogen) atoms. The van der Waals surface area contributed by atoms with Crippen molar-refractivity contribution in [2.75, 3.05) is 0 Å². The van der Waals surface area contributed by atoms with Gasteiger partial charge >= 0.3 is 12.3 Å². The zero-order valence-corrected chi connectivity index (χ0v) is 11.3. The molecule has 0 atom stereocenters. The second kappa shape index (κ2) is 6.38. The first-order valence-electron chi connectivity index (χ1n) is 6.16. The number of carbonyl (C=O) groups excluding carboxylic acids is 1. The average molecular weight is 329 g/mol. The van der Waals surface area contributed by atoms with E-state index in [1.807, 2.05) is 0 Å². The first-order chi connectivity index (χ1) is 10.8. The number of ether oxygens (including phenoxy) is 1. The van der Waals surface area contributed by atoms with Gasteiger partial charge in [-0.25, -0.2) is 9.78 Å². The molecule has 10 heteroatoms. The van der Waals surface area contributed by atoms with E-state index in [0.29, 0.717) is 0 Å². The largest absolute Gasteiger partial charge is 0.573 e.